The number of benzene rings is 1. The highest BCUT2D eigenvalue weighted by Crippen LogP contribution is 2.20. The maximum Gasteiger partial charge on any atom is 0.223 e. The second-order valence-corrected chi connectivity index (χ2v) is 7.70. The Hall–Kier alpha value is -2.31. The number of amides is 1. The monoisotopic (exact) mass is 382 g/mol. The number of aryl methyl sites for hydroxylation is 1. The van der Waals surface area contributed by atoms with Crippen LogP contribution in [0, 0.1) is 12.8 Å². The number of piperidine rings is 1. The molecule has 2 aromatic rings. The lowest BCUT2D eigenvalue weighted by atomic mass is 9.95. The average molecular weight is 383 g/mol. The summed E-state index contributed by atoms with van der Waals surface area (Å²) in [5, 5.41) is 3.04. The topological polar surface area (TPSA) is 67.3 Å². The zero-order chi connectivity index (χ0) is 19.9. The fourth-order valence-corrected chi connectivity index (χ4v) is 3.63. The van der Waals surface area contributed by atoms with Crippen molar-refractivity contribution >= 4 is 5.91 Å². The Balaban J connectivity index is 1.49. The Morgan fingerprint density at radius 3 is 2.64 bits per heavy atom. The Kier molecular flexibility index (Phi) is 7.12. The zero-order valence-electron chi connectivity index (χ0n) is 17.0. The van der Waals surface area contributed by atoms with E-state index >= 15 is 0 Å². The molecule has 150 valence electrons. The van der Waals surface area contributed by atoms with Crippen molar-refractivity contribution in [2.45, 2.75) is 39.3 Å². The van der Waals surface area contributed by atoms with Crippen molar-refractivity contribution in [3.63, 3.8) is 0 Å². The molecule has 0 spiro atoms. The molecule has 0 aliphatic carbocycles. The molecule has 1 aliphatic rings. The Morgan fingerprint density at radius 2 is 2.00 bits per heavy atom. The van der Waals surface area contributed by atoms with Crippen molar-refractivity contribution in [2.75, 3.05) is 26.8 Å². The van der Waals surface area contributed by atoms with Crippen LogP contribution in [-0.4, -0.2) is 53.6 Å². The lowest BCUT2D eigenvalue weighted by Gasteiger charge is -2.31. The van der Waals surface area contributed by atoms with Gasteiger partial charge in [-0.3, -0.25) is 9.69 Å². The molecule has 0 bridgehead atoms. The molecule has 1 atom stereocenters. The summed E-state index contributed by atoms with van der Waals surface area (Å²) in [4.78, 5) is 23.8. The van der Waals surface area contributed by atoms with Gasteiger partial charge in [-0.15, -0.1) is 0 Å². The molecule has 1 aromatic heterocycles. The summed E-state index contributed by atoms with van der Waals surface area (Å²) in [6, 6.07) is 8.28. The van der Waals surface area contributed by atoms with Crippen molar-refractivity contribution in [1.82, 2.24) is 20.2 Å². The van der Waals surface area contributed by atoms with Crippen LogP contribution in [-0.2, 0) is 16.1 Å². The minimum absolute atomic E-state index is 0.0552. The van der Waals surface area contributed by atoms with Gasteiger partial charge in [0.25, 0.3) is 0 Å². The van der Waals surface area contributed by atoms with Crippen molar-refractivity contribution in [1.29, 1.82) is 0 Å². The number of carbonyl (C=O) groups excluding carboxylic acids is 1. The number of nitrogens with one attached hydrogen (secondary N) is 1. The molecule has 0 unspecified atom stereocenters. The fraction of sp³-hybridized carbons (Fsp3) is 0.500. The van der Waals surface area contributed by atoms with Gasteiger partial charge in [-0.25, -0.2) is 9.97 Å². The molecule has 6 heteroatoms. The predicted octanol–water partition coefficient (Wildman–Crippen LogP) is 2.82. The van der Waals surface area contributed by atoms with Crippen molar-refractivity contribution in [3.8, 4) is 11.4 Å². The molecule has 0 radical (unpaired) electrons. The summed E-state index contributed by atoms with van der Waals surface area (Å²) in [6.07, 6.45) is 5.59. The van der Waals surface area contributed by atoms with E-state index in [0.29, 0.717) is 6.61 Å². The van der Waals surface area contributed by atoms with Crippen LogP contribution in [0.1, 0.15) is 30.9 Å². The summed E-state index contributed by atoms with van der Waals surface area (Å²) >= 11 is 0. The van der Waals surface area contributed by atoms with E-state index in [0.717, 1.165) is 49.4 Å². The third kappa shape index (κ3) is 5.59. The van der Waals surface area contributed by atoms with Gasteiger partial charge in [0.15, 0.2) is 5.82 Å². The first-order valence-electron chi connectivity index (χ1n) is 9.95. The van der Waals surface area contributed by atoms with Crippen molar-refractivity contribution in [3.05, 3.63) is 47.8 Å². The van der Waals surface area contributed by atoms with Gasteiger partial charge in [0.2, 0.25) is 5.91 Å². The van der Waals surface area contributed by atoms with Gasteiger partial charge in [0.1, 0.15) is 0 Å². The molecule has 1 saturated heterocycles. The van der Waals surface area contributed by atoms with Crippen LogP contribution >= 0.6 is 0 Å². The first-order chi connectivity index (χ1) is 13.5. The summed E-state index contributed by atoms with van der Waals surface area (Å²) in [7, 11) is 1.65. The van der Waals surface area contributed by atoms with E-state index in [-0.39, 0.29) is 17.9 Å². The third-order valence-corrected chi connectivity index (χ3v) is 5.15. The molecular formula is C22H30N4O2. The van der Waals surface area contributed by atoms with Crippen LogP contribution in [0.3, 0.4) is 0 Å². The van der Waals surface area contributed by atoms with Gasteiger partial charge in [0, 0.05) is 49.1 Å². The molecule has 1 N–H and O–H groups in total. The molecule has 1 aliphatic heterocycles. The summed E-state index contributed by atoms with van der Waals surface area (Å²) in [6.45, 7) is 7.23. The van der Waals surface area contributed by atoms with Crippen molar-refractivity contribution < 1.29 is 9.53 Å². The second kappa shape index (κ2) is 9.75. The molecule has 3 rings (SSSR count). The van der Waals surface area contributed by atoms with E-state index in [4.69, 9.17) is 4.74 Å². The third-order valence-electron chi connectivity index (χ3n) is 5.15. The van der Waals surface area contributed by atoms with Gasteiger partial charge in [-0.1, -0.05) is 23.8 Å². The fourth-order valence-electron chi connectivity index (χ4n) is 3.63. The van der Waals surface area contributed by atoms with E-state index in [1.807, 2.05) is 31.5 Å². The highest BCUT2D eigenvalue weighted by atomic mass is 16.5. The molecule has 0 saturated carbocycles. The number of nitrogens with zero attached hydrogens (tertiary/aromatic N) is 3. The second-order valence-electron chi connectivity index (χ2n) is 7.70. The average Bonchev–Trinajstić information content (AvgIpc) is 2.69. The van der Waals surface area contributed by atoms with Crippen LogP contribution in [0.5, 0.6) is 0 Å². The molecule has 6 nitrogen and oxygen atoms in total. The molecular weight excluding hydrogens is 352 g/mol. The molecule has 1 amide bonds. The van der Waals surface area contributed by atoms with Gasteiger partial charge < -0.3 is 10.1 Å². The minimum Gasteiger partial charge on any atom is -0.383 e. The normalized spacial score (nSPS) is 16.7. The smallest absolute Gasteiger partial charge is 0.223 e. The van der Waals surface area contributed by atoms with Crippen LogP contribution in [0.25, 0.3) is 11.4 Å². The molecule has 28 heavy (non-hydrogen) atoms. The number of aromatic nitrogens is 2. The van der Waals surface area contributed by atoms with Gasteiger partial charge in [-0.2, -0.15) is 0 Å². The van der Waals surface area contributed by atoms with E-state index in [2.05, 4.69) is 39.2 Å². The minimum atomic E-state index is 0.0552. The first kappa shape index (κ1) is 20.4. The van der Waals surface area contributed by atoms with Crippen LogP contribution < -0.4 is 5.32 Å². The van der Waals surface area contributed by atoms with E-state index in [9.17, 15) is 4.79 Å². The number of rotatable bonds is 7. The largest absolute Gasteiger partial charge is 0.383 e. The van der Waals surface area contributed by atoms with E-state index in [1.54, 1.807) is 7.11 Å². The number of hydrogen-bond acceptors (Lipinski definition) is 5. The first-order valence-corrected chi connectivity index (χ1v) is 9.95. The van der Waals surface area contributed by atoms with Crippen LogP contribution in [0.4, 0.5) is 0 Å². The molecule has 1 aromatic carbocycles. The van der Waals surface area contributed by atoms with Gasteiger partial charge in [-0.05, 0) is 45.8 Å². The maximum absolute atomic E-state index is 12.3. The standard InChI is InChI=1S/C22H30N4O2/c1-16-5-4-6-20(11-16)21-23-12-18(13-24-21)14-26-9-7-19(8-10-26)22(27)25-17(2)15-28-3/h4-6,11-13,17,19H,7-10,14-15H2,1-3H3,(H,25,27)/t17-/m0/s1. The quantitative estimate of drug-likeness (QED) is 0.798. The molecule has 1 fully saturated rings. The maximum atomic E-state index is 12.3. The Labute approximate surface area is 167 Å². The Morgan fingerprint density at radius 1 is 1.29 bits per heavy atom. The van der Waals surface area contributed by atoms with Crippen LogP contribution in [0.2, 0.25) is 0 Å². The highest BCUT2D eigenvalue weighted by Gasteiger charge is 2.25. The highest BCUT2D eigenvalue weighted by molar-refractivity contribution is 5.79. The lowest BCUT2D eigenvalue weighted by Crippen LogP contribution is -2.44. The van der Waals surface area contributed by atoms with Gasteiger partial charge >= 0.3 is 0 Å². The van der Waals surface area contributed by atoms with E-state index in [1.165, 1.54) is 5.56 Å². The van der Waals surface area contributed by atoms with E-state index < -0.39 is 0 Å². The van der Waals surface area contributed by atoms with Crippen molar-refractivity contribution in [2.24, 2.45) is 5.92 Å². The van der Waals surface area contributed by atoms with Gasteiger partial charge in [0.05, 0.1) is 6.61 Å². The zero-order valence-corrected chi connectivity index (χ0v) is 17.0. The number of likely N-dealkylation sites (tertiary alicyclic amines) is 1. The summed E-state index contributed by atoms with van der Waals surface area (Å²) < 4.78 is 5.08. The summed E-state index contributed by atoms with van der Waals surface area (Å²) in [5.74, 6) is 0.999. The SMILES string of the molecule is COC[C@H](C)NC(=O)C1CCN(Cc2cnc(-c3cccc(C)c3)nc2)CC1. The number of methoxy groups -OCH3 is 1. The lowest BCUT2D eigenvalue weighted by molar-refractivity contribution is -0.127. The Bertz CT molecular complexity index is 770. The number of hydrogen-bond donors (Lipinski definition) is 1. The summed E-state index contributed by atoms with van der Waals surface area (Å²) in [5.41, 5.74) is 3.35. The molecule has 2 heterocycles. The number of carbonyl (C=O) groups is 1. The predicted molar refractivity (Wildman–Crippen MR) is 110 cm³/mol. The number of ether oxygens (including phenoxy) is 1. The van der Waals surface area contributed by atoms with Crippen LogP contribution in [0.15, 0.2) is 36.7 Å².